The van der Waals surface area contributed by atoms with E-state index in [9.17, 15) is 0 Å². The van der Waals surface area contributed by atoms with Crippen molar-refractivity contribution in [3.8, 4) is 0 Å². The lowest BCUT2D eigenvalue weighted by Crippen LogP contribution is -2.41. The lowest BCUT2D eigenvalue weighted by Gasteiger charge is -2.32. The van der Waals surface area contributed by atoms with E-state index < -0.39 is 0 Å². The number of nitrogens with one attached hydrogen (secondary N) is 1. The maximum atomic E-state index is 5.74. The van der Waals surface area contributed by atoms with Crippen LogP contribution in [0.3, 0.4) is 0 Å². The van der Waals surface area contributed by atoms with E-state index in [-0.39, 0.29) is 0 Å². The van der Waals surface area contributed by atoms with Crippen LogP contribution in [0.15, 0.2) is 11.6 Å². The normalized spacial score (nSPS) is 35.1. The molecule has 1 fully saturated rings. The number of rotatable bonds is 4. The molecule has 2 heteroatoms. The molecule has 2 rings (SSSR count). The van der Waals surface area contributed by atoms with Crippen LogP contribution in [-0.2, 0) is 4.74 Å². The summed E-state index contributed by atoms with van der Waals surface area (Å²) in [5, 5.41) is 3.69. The van der Waals surface area contributed by atoms with Crippen molar-refractivity contribution in [2.75, 3.05) is 6.54 Å². The maximum absolute atomic E-state index is 5.74. The van der Waals surface area contributed by atoms with E-state index in [1.807, 2.05) is 0 Å². The van der Waals surface area contributed by atoms with Gasteiger partial charge in [-0.2, -0.15) is 0 Å². The zero-order valence-corrected chi connectivity index (χ0v) is 10.7. The summed E-state index contributed by atoms with van der Waals surface area (Å²) in [5.41, 5.74) is 1.67. The monoisotopic (exact) mass is 223 g/mol. The van der Waals surface area contributed by atoms with Crippen molar-refractivity contribution in [1.29, 1.82) is 0 Å². The van der Waals surface area contributed by atoms with Crippen molar-refractivity contribution in [2.45, 2.75) is 70.6 Å². The Kier molecular flexibility index (Phi) is 4.42. The number of hydrogen-bond acceptors (Lipinski definition) is 2. The molecule has 2 aliphatic rings. The molecular weight excluding hydrogens is 198 g/mol. The molecule has 1 heterocycles. The third-order valence-electron chi connectivity index (χ3n) is 3.71. The molecule has 0 radical (unpaired) electrons. The van der Waals surface area contributed by atoms with E-state index >= 15 is 0 Å². The number of ether oxygens (including phenoxy) is 1. The van der Waals surface area contributed by atoms with Crippen LogP contribution in [0.2, 0.25) is 0 Å². The second-order valence-corrected chi connectivity index (χ2v) is 5.38. The first-order valence-electron chi connectivity index (χ1n) is 6.81. The van der Waals surface area contributed by atoms with Crippen molar-refractivity contribution < 1.29 is 4.74 Å². The fourth-order valence-electron chi connectivity index (χ4n) is 2.97. The smallest absolute Gasteiger partial charge is 0.0565 e. The molecule has 1 saturated heterocycles. The molecule has 0 aromatic heterocycles. The van der Waals surface area contributed by atoms with E-state index in [4.69, 9.17) is 4.74 Å². The van der Waals surface area contributed by atoms with Gasteiger partial charge in [0, 0.05) is 6.04 Å². The van der Waals surface area contributed by atoms with E-state index in [0.29, 0.717) is 18.2 Å². The van der Waals surface area contributed by atoms with E-state index in [2.05, 4.69) is 25.2 Å². The zero-order valence-electron chi connectivity index (χ0n) is 10.7. The fourth-order valence-corrected chi connectivity index (χ4v) is 2.97. The molecule has 0 bridgehead atoms. The number of hydrogen-bond donors (Lipinski definition) is 1. The van der Waals surface area contributed by atoms with Crippen molar-refractivity contribution in [1.82, 2.24) is 5.32 Å². The lowest BCUT2D eigenvalue weighted by molar-refractivity contribution is -0.0419. The minimum Gasteiger partial charge on any atom is -0.375 e. The van der Waals surface area contributed by atoms with Gasteiger partial charge in [-0.1, -0.05) is 11.6 Å². The summed E-state index contributed by atoms with van der Waals surface area (Å²) in [6.45, 7) is 5.52. The van der Waals surface area contributed by atoms with Crippen LogP contribution in [0, 0.1) is 0 Å². The Balaban J connectivity index is 1.65. The van der Waals surface area contributed by atoms with Crippen LogP contribution >= 0.6 is 0 Å². The molecule has 0 aromatic carbocycles. The highest BCUT2D eigenvalue weighted by molar-refractivity contribution is 5.07. The average Bonchev–Trinajstić information content (AvgIpc) is 2.69. The van der Waals surface area contributed by atoms with Crippen LogP contribution < -0.4 is 5.32 Å². The first kappa shape index (κ1) is 12.1. The van der Waals surface area contributed by atoms with Gasteiger partial charge in [0.1, 0.15) is 0 Å². The third kappa shape index (κ3) is 3.60. The predicted molar refractivity (Wildman–Crippen MR) is 67.6 cm³/mol. The molecule has 1 aliphatic carbocycles. The van der Waals surface area contributed by atoms with Crippen molar-refractivity contribution >= 4 is 0 Å². The Morgan fingerprint density at radius 2 is 2.06 bits per heavy atom. The van der Waals surface area contributed by atoms with Crippen LogP contribution in [0.5, 0.6) is 0 Å². The second kappa shape index (κ2) is 5.83. The van der Waals surface area contributed by atoms with Crippen LogP contribution in [0.1, 0.15) is 52.4 Å². The van der Waals surface area contributed by atoms with Gasteiger partial charge in [0.05, 0.1) is 12.2 Å². The van der Waals surface area contributed by atoms with Crippen molar-refractivity contribution in [3.63, 3.8) is 0 Å². The molecule has 92 valence electrons. The Morgan fingerprint density at radius 3 is 2.69 bits per heavy atom. The van der Waals surface area contributed by atoms with Crippen molar-refractivity contribution in [2.24, 2.45) is 0 Å². The van der Waals surface area contributed by atoms with Gasteiger partial charge >= 0.3 is 0 Å². The molecule has 16 heavy (non-hydrogen) atoms. The van der Waals surface area contributed by atoms with Gasteiger partial charge in [0.2, 0.25) is 0 Å². The predicted octanol–water partition coefficient (Wildman–Crippen LogP) is 3.03. The van der Waals surface area contributed by atoms with Gasteiger partial charge in [0.15, 0.2) is 0 Å². The van der Waals surface area contributed by atoms with Gasteiger partial charge in [-0.05, 0) is 58.9 Å². The van der Waals surface area contributed by atoms with Crippen LogP contribution in [0.25, 0.3) is 0 Å². The largest absolute Gasteiger partial charge is 0.375 e. The second-order valence-electron chi connectivity index (χ2n) is 5.38. The molecule has 0 saturated carbocycles. The Hall–Kier alpha value is -0.340. The highest BCUT2D eigenvalue weighted by atomic mass is 16.5. The van der Waals surface area contributed by atoms with E-state index in [0.717, 1.165) is 6.54 Å². The van der Waals surface area contributed by atoms with Gasteiger partial charge in [0.25, 0.3) is 0 Å². The Bertz CT molecular complexity index is 239. The highest BCUT2D eigenvalue weighted by Crippen LogP contribution is 2.21. The zero-order chi connectivity index (χ0) is 11.4. The molecule has 2 nitrogen and oxygen atoms in total. The summed E-state index contributed by atoms with van der Waals surface area (Å²) < 4.78 is 5.74. The molecule has 1 N–H and O–H groups in total. The van der Waals surface area contributed by atoms with Gasteiger partial charge in [-0.25, -0.2) is 0 Å². The molecular formula is C14H25NO. The SMILES string of the molecule is CC1CC(NCCC2=CCCC2)CC(C)O1. The standard InChI is InChI=1S/C14H25NO/c1-11-9-14(10-12(2)16-11)15-8-7-13-5-3-4-6-13/h5,11-12,14-15H,3-4,6-10H2,1-2H3. The van der Waals surface area contributed by atoms with Crippen LogP contribution in [-0.4, -0.2) is 24.8 Å². The average molecular weight is 223 g/mol. The van der Waals surface area contributed by atoms with E-state index in [1.165, 1.54) is 38.5 Å². The van der Waals surface area contributed by atoms with E-state index in [1.54, 1.807) is 5.57 Å². The molecule has 0 spiro atoms. The molecule has 0 amide bonds. The molecule has 0 aromatic rings. The van der Waals surface area contributed by atoms with Gasteiger partial charge in [-0.3, -0.25) is 0 Å². The van der Waals surface area contributed by atoms with Crippen LogP contribution in [0.4, 0.5) is 0 Å². The van der Waals surface area contributed by atoms with Gasteiger partial charge < -0.3 is 10.1 Å². The summed E-state index contributed by atoms with van der Waals surface area (Å²) in [7, 11) is 0. The minimum atomic E-state index is 0.423. The Morgan fingerprint density at radius 1 is 1.31 bits per heavy atom. The van der Waals surface area contributed by atoms with Crippen molar-refractivity contribution in [3.05, 3.63) is 11.6 Å². The molecule has 1 aliphatic heterocycles. The summed E-state index contributed by atoms with van der Waals surface area (Å²) >= 11 is 0. The summed E-state index contributed by atoms with van der Waals surface area (Å²) in [6, 6.07) is 0.667. The fraction of sp³-hybridized carbons (Fsp3) is 0.857. The van der Waals surface area contributed by atoms with Gasteiger partial charge in [-0.15, -0.1) is 0 Å². The quantitative estimate of drug-likeness (QED) is 0.740. The first-order valence-corrected chi connectivity index (χ1v) is 6.81. The highest BCUT2D eigenvalue weighted by Gasteiger charge is 2.23. The summed E-state index contributed by atoms with van der Waals surface area (Å²) in [4.78, 5) is 0. The minimum absolute atomic E-state index is 0.423. The topological polar surface area (TPSA) is 21.3 Å². The first-order chi connectivity index (χ1) is 7.74. The summed E-state index contributed by atoms with van der Waals surface area (Å²) in [6.07, 6.45) is 10.9. The summed E-state index contributed by atoms with van der Waals surface area (Å²) in [5.74, 6) is 0. The lowest BCUT2D eigenvalue weighted by atomic mass is 9.99. The Labute approximate surface area is 99.4 Å². The number of allylic oxidation sites excluding steroid dienone is 1. The molecule has 2 unspecified atom stereocenters. The third-order valence-corrected chi connectivity index (χ3v) is 3.71. The molecule has 2 atom stereocenters. The maximum Gasteiger partial charge on any atom is 0.0565 e.